The Bertz CT molecular complexity index is 536. The lowest BCUT2D eigenvalue weighted by Crippen LogP contribution is -2.33. The summed E-state index contributed by atoms with van der Waals surface area (Å²) in [5.41, 5.74) is 0.792. The number of rotatable bonds is 1. The molecule has 5 heteroatoms. The number of nitrogens with one attached hydrogen (secondary N) is 1. The maximum absolute atomic E-state index is 13.3. The number of halogens is 2. The van der Waals surface area contributed by atoms with Gasteiger partial charge in [0, 0.05) is 6.07 Å². The van der Waals surface area contributed by atoms with Crippen LogP contribution in [0.1, 0.15) is 25.7 Å². The summed E-state index contributed by atoms with van der Waals surface area (Å²) in [6.45, 7) is 2.99. The summed E-state index contributed by atoms with van der Waals surface area (Å²) in [7, 11) is 0. The van der Waals surface area contributed by atoms with Crippen molar-refractivity contribution >= 4 is 22.7 Å². The fraction of sp³-hybridized carbons (Fsp3) is 0.417. The van der Waals surface area contributed by atoms with E-state index in [1.54, 1.807) is 0 Å². The van der Waals surface area contributed by atoms with Crippen molar-refractivity contribution in [1.82, 2.24) is 10.3 Å². The first-order valence-electron chi connectivity index (χ1n) is 5.60. The molecule has 2 aromatic rings. The van der Waals surface area contributed by atoms with Crippen molar-refractivity contribution in [3.63, 3.8) is 0 Å². The lowest BCUT2D eigenvalue weighted by molar-refractivity contribution is 0.330. The SMILES string of the molecule is CC1(c2nc3cc(Cl)c(F)cc3o2)CCCN1. The lowest BCUT2D eigenvalue weighted by Gasteiger charge is -2.19. The zero-order valence-corrected chi connectivity index (χ0v) is 10.1. The molecule has 1 N–H and O–H groups in total. The molecular weight excluding hydrogens is 243 g/mol. The van der Waals surface area contributed by atoms with Crippen LogP contribution in [0.3, 0.4) is 0 Å². The average Bonchev–Trinajstić information content (AvgIpc) is 2.87. The maximum Gasteiger partial charge on any atom is 0.215 e. The summed E-state index contributed by atoms with van der Waals surface area (Å²) >= 11 is 5.72. The first kappa shape index (κ1) is 11.0. The van der Waals surface area contributed by atoms with Gasteiger partial charge in [0.2, 0.25) is 5.89 Å². The summed E-state index contributed by atoms with van der Waals surface area (Å²) in [4.78, 5) is 4.39. The van der Waals surface area contributed by atoms with Gasteiger partial charge in [-0.05, 0) is 32.4 Å². The van der Waals surface area contributed by atoms with Crippen LogP contribution in [0.2, 0.25) is 5.02 Å². The van der Waals surface area contributed by atoms with Crippen LogP contribution >= 0.6 is 11.6 Å². The lowest BCUT2D eigenvalue weighted by atomic mass is 10.0. The molecule has 0 amide bonds. The van der Waals surface area contributed by atoms with Gasteiger partial charge in [-0.15, -0.1) is 0 Å². The largest absolute Gasteiger partial charge is 0.439 e. The molecule has 1 aliphatic rings. The Labute approximate surface area is 103 Å². The van der Waals surface area contributed by atoms with E-state index in [9.17, 15) is 4.39 Å². The van der Waals surface area contributed by atoms with Crippen LogP contribution in [0, 0.1) is 5.82 Å². The van der Waals surface area contributed by atoms with Gasteiger partial charge in [-0.2, -0.15) is 0 Å². The second kappa shape index (κ2) is 3.68. The topological polar surface area (TPSA) is 38.1 Å². The Balaban J connectivity index is 2.13. The van der Waals surface area contributed by atoms with E-state index in [0.29, 0.717) is 17.0 Å². The molecular formula is C12H12ClFN2O. The second-order valence-corrected chi connectivity index (χ2v) is 5.02. The Morgan fingerprint density at radius 3 is 3.06 bits per heavy atom. The average molecular weight is 255 g/mol. The van der Waals surface area contributed by atoms with Gasteiger partial charge in [-0.3, -0.25) is 0 Å². The number of aromatic nitrogens is 1. The van der Waals surface area contributed by atoms with Crippen LogP contribution in [0.4, 0.5) is 4.39 Å². The molecule has 3 nitrogen and oxygen atoms in total. The summed E-state index contributed by atoms with van der Waals surface area (Å²) in [5, 5.41) is 3.43. The van der Waals surface area contributed by atoms with Crippen LogP contribution in [-0.4, -0.2) is 11.5 Å². The highest BCUT2D eigenvalue weighted by Crippen LogP contribution is 2.33. The summed E-state index contributed by atoms with van der Waals surface area (Å²) in [5.74, 6) is 0.123. The smallest absolute Gasteiger partial charge is 0.215 e. The van der Waals surface area contributed by atoms with Crippen molar-refractivity contribution in [3.05, 3.63) is 28.9 Å². The van der Waals surface area contributed by atoms with Crippen LogP contribution in [0.25, 0.3) is 11.1 Å². The van der Waals surface area contributed by atoms with Gasteiger partial charge in [-0.25, -0.2) is 9.37 Å². The molecule has 0 aliphatic carbocycles. The number of oxazole rings is 1. The van der Waals surface area contributed by atoms with Crippen molar-refractivity contribution in [3.8, 4) is 0 Å². The van der Waals surface area contributed by atoms with E-state index in [0.717, 1.165) is 19.4 Å². The zero-order chi connectivity index (χ0) is 12.0. The minimum absolute atomic E-state index is 0.0712. The summed E-state index contributed by atoms with van der Waals surface area (Å²) < 4.78 is 18.9. The van der Waals surface area contributed by atoms with Gasteiger partial charge in [0.05, 0.1) is 10.6 Å². The van der Waals surface area contributed by atoms with Crippen molar-refractivity contribution in [2.24, 2.45) is 0 Å². The van der Waals surface area contributed by atoms with Gasteiger partial charge < -0.3 is 9.73 Å². The highest BCUT2D eigenvalue weighted by molar-refractivity contribution is 6.31. The quantitative estimate of drug-likeness (QED) is 0.849. The fourth-order valence-corrected chi connectivity index (χ4v) is 2.39. The summed E-state index contributed by atoms with van der Waals surface area (Å²) in [6, 6.07) is 2.78. The Morgan fingerprint density at radius 1 is 1.53 bits per heavy atom. The third kappa shape index (κ3) is 1.72. The van der Waals surface area contributed by atoms with E-state index < -0.39 is 5.82 Å². The monoisotopic (exact) mass is 254 g/mol. The number of nitrogens with zero attached hydrogens (tertiary/aromatic N) is 1. The van der Waals surface area contributed by atoms with Crippen LogP contribution in [0.15, 0.2) is 16.5 Å². The fourth-order valence-electron chi connectivity index (χ4n) is 2.24. The minimum atomic E-state index is -0.480. The van der Waals surface area contributed by atoms with Crippen molar-refractivity contribution in [2.45, 2.75) is 25.3 Å². The molecule has 17 heavy (non-hydrogen) atoms. The number of benzene rings is 1. The van der Waals surface area contributed by atoms with E-state index >= 15 is 0 Å². The molecule has 1 aliphatic heterocycles. The van der Waals surface area contributed by atoms with Gasteiger partial charge in [0.1, 0.15) is 11.3 Å². The highest BCUT2D eigenvalue weighted by Gasteiger charge is 2.35. The third-order valence-electron chi connectivity index (χ3n) is 3.27. The van der Waals surface area contributed by atoms with Crippen molar-refractivity contribution in [2.75, 3.05) is 6.54 Å². The zero-order valence-electron chi connectivity index (χ0n) is 9.39. The molecule has 3 rings (SSSR count). The predicted molar refractivity (Wildman–Crippen MR) is 63.6 cm³/mol. The predicted octanol–water partition coefficient (Wildman–Crippen LogP) is 3.22. The molecule has 1 saturated heterocycles. The number of hydrogen-bond acceptors (Lipinski definition) is 3. The van der Waals surface area contributed by atoms with E-state index in [1.807, 2.05) is 6.92 Å². The van der Waals surface area contributed by atoms with Gasteiger partial charge >= 0.3 is 0 Å². The van der Waals surface area contributed by atoms with Gasteiger partial charge in [-0.1, -0.05) is 11.6 Å². The standard InChI is InChI=1S/C12H12ClFN2O/c1-12(3-2-4-15-12)11-16-9-5-7(13)8(14)6-10(9)17-11/h5-6,15H,2-4H2,1H3. The summed E-state index contributed by atoms with van der Waals surface area (Å²) in [6.07, 6.45) is 2.06. The minimum Gasteiger partial charge on any atom is -0.439 e. The first-order chi connectivity index (χ1) is 8.08. The first-order valence-corrected chi connectivity index (χ1v) is 5.97. The number of fused-ring (bicyclic) bond motifs is 1. The van der Waals surface area contributed by atoms with E-state index in [-0.39, 0.29) is 10.6 Å². The molecule has 1 unspecified atom stereocenters. The Morgan fingerprint density at radius 2 is 2.35 bits per heavy atom. The molecule has 90 valence electrons. The molecule has 2 heterocycles. The van der Waals surface area contributed by atoms with E-state index in [2.05, 4.69) is 10.3 Å². The van der Waals surface area contributed by atoms with Crippen molar-refractivity contribution in [1.29, 1.82) is 0 Å². The molecule has 0 saturated carbocycles. The second-order valence-electron chi connectivity index (χ2n) is 4.62. The molecule has 0 radical (unpaired) electrons. The normalized spacial score (nSPS) is 24.6. The molecule has 1 aromatic carbocycles. The molecule has 1 atom stereocenters. The van der Waals surface area contributed by atoms with Crippen molar-refractivity contribution < 1.29 is 8.81 Å². The van der Waals surface area contributed by atoms with E-state index in [1.165, 1.54) is 12.1 Å². The van der Waals surface area contributed by atoms with Gasteiger partial charge in [0.25, 0.3) is 0 Å². The van der Waals surface area contributed by atoms with Crippen LogP contribution < -0.4 is 5.32 Å². The molecule has 0 bridgehead atoms. The Kier molecular flexibility index (Phi) is 2.38. The van der Waals surface area contributed by atoms with E-state index in [4.69, 9.17) is 16.0 Å². The molecule has 1 fully saturated rings. The van der Waals surface area contributed by atoms with Gasteiger partial charge in [0.15, 0.2) is 5.58 Å². The molecule has 0 spiro atoms. The Hall–Kier alpha value is -1.13. The molecule has 1 aromatic heterocycles. The number of hydrogen-bond donors (Lipinski definition) is 1. The van der Waals surface area contributed by atoms with Crippen LogP contribution in [0.5, 0.6) is 0 Å². The maximum atomic E-state index is 13.3. The van der Waals surface area contributed by atoms with Crippen LogP contribution in [-0.2, 0) is 5.54 Å². The third-order valence-corrected chi connectivity index (χ3v) is 3.56. The highest BCUT2D eigenvalue weighted by atomic mass is 35.5.